The largest absolute Gasteiger partial charge is 0.383 e. The first kappa shape index (κ1) is 21.2. The SMILES string of the molecule is COCC12CC1C(CF)(c1cc(/C=C(/F)c3ccc(Cl)cn3)ccc1F)N=C(N)S2. The van der Waals surface area contributed by atoms with Crippen molar-refractivity contribution in [3.63, 3.8) is 0 Å². The molecule has 4 rings (SSSR count). The zero-order valence-corrected chi connectivity index (χ0v) is 17.6. The first-order valence-electron chi connectivity index (χ1n) is 9.22. The fraction of sp³-hybridized carbons (Fsp3) is 0.333. The number of alkyl halides is 1. The molecule has 4 nitrogen and oxygen atoms in total. The third-order valence-electron chi connectivity index (χ3n) is 5.53. The van der Waals surface area contributed by atoms with Gasteiger partial charge < -0.3 is 10.5 Å². The summed E-state index contributed by atoms with van der Waals surface area (Å²) in [5, 5.41) is 0.574. The van der Waals surface area contributed by atoms with Crippen molar-refractivity contribution in [3.8, 4) is 0 Å². The minimum atomic E-state index is -1.46. The molecule has 158 valence electrons. The Kier molecular flexibility index (Phi) is 5.59. The van der Waals surface area contributed by atoms with E-state index in [4.69, 9.17) is 22.1 Å². The number of amidine groups is 1. The lowest BCUT2D eigenvalue weighted by molar-refractivity contribution is 0.176. The van der Waals surface area contributed by atoms with Crippen molar-refractivity contribution in [3.05, 3.63) is 64.2 Å². The monoisotopic (exact) mass is 453 g/mol. The Morgan fingerprint density at radius 2 is 2.20 bits per heavy atom. The lowest BCUT2D eigenvalue weighted by atomic mass is 9.84. The lowest BCUT2D eigenvalue weighted by Gasteiger charge is -2.35. The smallest absolute Gasteiger partial charge is 0.155 e. The zero-order chi connectivity index (χ0) is 21.5. The highest BCUT2D eigenvalue weighted by Crippen LogP contribution is 2.66. The minimum Gasteiger partial charge on any atom is -0.383 e. The molecule has 0 radical (unpaired) electrons. The molecule has 0 spiro atoms. The number of methoxy groups -OCH3 is 1. The number of rotatable bonds is 6. The number of benzene rings is 1. The van der Waals surface area contributed by atoms with Gasteiger partial charge in [0, 0.05) is 24.8 Å². The normalized spacial score (nSPS) is 28.1. The number of hydrogen-bond donors (Lipinski definition) is 1. The number of aliphatic imine (C=N–C) groups is 1. The Hall–Kier alpha value is -2.03. The van der Waals surface area contributed by atoms with Gasteiger partial charge in [-0.25, -0.2) is 18.2 Å². The molecule has 1 aromatic carbocycles. The summed E-state index contributed by atoms with van der Waals surface area (Å²) in [5.74, 6) is -1.51. The van der Waals surface area contributed by atoms with Gasteiger partial charge in [0.1, 0.15) is 23.9 Å². The van der Waals surface area contributed by atoms with Crippen LogP contribution in [0.25, 0.3) is 11.9 Å². The molecule has 2 N–H and O–H groups in total. The molecular weight excluding hydrogens is 435 g/mol. The Morgan fingerprint density at radius 1 is 1.40 bits per heavy atom. The minimum absolute atomic E-state index is 0.0573. The Balaban J connectivity index is 1.75. The van der Waals surface area contributed by atoms with Crippen LogP contribution in [0.1, 0.15) is 23.2 Å². The number of hydrogen-bond acceptors (Lipinski definition) is 5. The van der Waals surface area contributed by atoms with E-state index in [1.54, 1.807) is 7.11 Å². The quantitative estimate of drug-likeness (QED) is 0.670. The summed E-state index contributed by atoms with van der Waals surface area (Å²) >= 11 is 7.12. The van der Waals surface area contributed by atoms with E-state index >= 15 is 0 Å². The summed E-state index contributed by atoms with van der Waals surface area (Å²) in [7, 11) is 1.56. The van der Waals surface area contributed by atoms with E-state index in [2.05, 4.69) is 9.98 Å². The van der Waals surface area contributed by atoms with E-state index in [9.17, 15) is 13.2 Å². The number of pyridine rings is 1. The number of ether oxygens (including phenoxy) is 1. The highest BCUT2D eigenvalue weighted by Gasteiger charge is 2.68. The van der Waals surface area contributed by atoms with Gasteiger partial charge in [0.15, 0.2) is 5.17 Å². The van der Waals surface area contributed by atoms with Crippen LogP contribution in [0.5, 0.6) is 0 Å². The summed E-state index contributed by atoms with van der Waals surface area (Å²) in [4.78, 5) is 8.27. The average Bonchev–Trinajstić information content (AvgIpc) is 3.43. The molecule has 1 aliphatic carbocycles. The van der Waals surface area contributed by atoms with E-state index in [0.29, 0.717) is 23.6 Å². The Bertz CT molecular complexity index is 1030. The third-order valence-corrected chi connectivity index (χ3v) is 7.03. The van der Waals surface area contributed by atoms with Crippen LogP contribution in [-0.4, -0.2) is 35.3 Å². The van der Waals surface area contributed by atoms with E-state index in [0.717, 1.165) is 0 Å². The van der Waals surface area contributed by atoms with E-state index in [1.807, 2.05) is 0 Å². The van der Waals surface area contributed by atoms with Crippen molar-refractivity contribution in [2.24, 2.45) is 16.6 Å². The van der Waals surface area contributed by atoms with Crippen LogP contribution in [0.3, 0.4) is 0 Å². The molecule has 1 aliphatic heterocycles. The molecule has 1 fully saturated rings. The molecule has 1 aromatic heterocycles. The maximum atomic E-state index is 14.9. The number of nitrogens with zero attached hydrogens (tertiary/aromatic N) is 2. The van der Waals surface area contributed by atoms with E-state index < -0.39 is 28.6 Å². The molecule has 2 aromatic rings. The summed E-state index contributed by atoms with van der Waals surface area (Å²) in [6.07, 6.45) is 3.14. The molecule has 1 saturated carbocycles. The molecule has 0 bridgehead atoms. The van der Waals surface area contributed by atoms with Gasteiger partial charge in [0.05, 0.1) is 22.1 Å². The van der Waals surface area contributed by atoms with Crippen molar-refractivity contribution in [1.29, 1.82) is 0 Å². The van der Waals surface area contributed by atoms with Crippen molar-refractivity contribution in [2.75, 3.05) is 20.4 Å². The van der Waals surface area contributed by atoms with Crippen LogP contribution in [-0.2, 0) is 10.3 Å². The fourth-order valence-corrected chi connectivity index (χ4v) is 5.59. The van der Waals surface area contributed by atoms with Crippen LogP contribution in [0.2, 0.25) is 5.02 Å². The number of thioether (sulfide) groups is 1. The first-order valence-corrected chi connectivity index (χ1v) is 10.4. The van der Waals surface area contributed by atoms with Crippen molar-refractivity contribution >= 4 is 40.4 Å². The highest BCUT2D eigenvalue weighted by atomic mass is 35.5. The standard InChI is InChI=1S/C21H19ClF3N3OS/c1-29-11-20-8-18(20)21(10-23,28-19(26)30-20)14-6-12(2-4-15(14)24)7-16(25)17-5-3-13(22)9-27-17/h2-7,9,18H,8,10-11H2,1H3,(H2,26,28)/b16-7+. The van der Waals surface area contributed by atoms with Gasteiger partial charge in [-0.3, -0.25) is 4.98 Å². The number of fused-ring (bicyclic) bond motifs is 1. The van der Waals surface area contributed by atoms with Crippen LogP contribution in [0, 0.1) is 11.7 Å². The van der Waals surface area contributed by atoms with Crippen LogP contribution in [0.4, 0.5) is 13.2 Å². The second-order valence-corrected chi connectivity index (χ2v) is 9.33. The lowest BCUT2D eigenvalue weighted by Crippen LogP contribution is -2.41. The summed E-state index contributed by atoms with van der Waals surface area (Å²) in [6.45, 7) is -0.561. The van der Waals surface area contributed by atoms with Crippen LogP contribution < -0.4 is 5.73 Å². The van der Waals surface area contributed by atoms with Gasteiger partial charge in [-0.2, -0.15) is 0 Å². The van der Waals surface area contributed by atoms with Crippen molar-refractivity contribution in [2.45, 2.75) is 16.7 Å². The molecule has 30 heavy (non-hydrogen) atoms. The predicted octanol–water partition coefficient (Wildman–Crippen LogP) is 4.97. The Labute approximate surface area is 181 Å². The second kappa shape index (κ2) is 7.90. The fourth-order valence-electron chi connectivity index (χ4n) is 4.09. The van der Waals surface area contributed by atoms with Gasteiger partial charge in [0.2, 0.25) is 0 Å². The molecule has 2 heterocycles. The number of halogens is 4. The molecule has 0 amide bonds. The second-order valence-electron chi connectivity index (χ2n) is 7.46. The summed E-state index contributed by atoms with van der Waals surface area (Å²) in [6, 6.07) is 6.99. The van der Waals surface area contributed by atoms with Gasteiger partial charge >= 0.3 is 0 Å². The zero-order valence-electron chi connectivity index (χ0n) is 16.0. The molecule has 0 saturated heterocycles. The van der Waals surface area contributed by atoms with E-state index in [1.165, 1.54) is 54.4 Å². The first-order chi connectivity index (χ1) is 14.3. The van der Waals surface area contributed by atoms with Crippen LogP contribution >= 0.6 is 23.4 Å². The number of nitrogens with two attached hydrogens (primary N) is 1. The molecule has 3 unspecified atom stereocenters. The van der Waals surface area contributed by atoms with Crippen LogP contribution in [0.15, 0.2) is 41.5 Å². The van der Waals surface area contributed by atoms with Gasteiger partial charge in [0.25, 0.3) is 0 Å². The maximum Gasteiger partial charge on any atom is 0.155 e. The van der Waals surface area contributed by atoms with Gasteiger partial charge in [-0.1, -0.05) is 29.4 Å². The van der Waals surface area contributed by atoms with Gasteiger partial charge in [-0.05, 0) is 42.3 Å². The average molecular weight is 454 g/mol. The van der Waals surface area contributed by atoms with E-state index in [-0.39, 0.29) is 22.3 Å². The molecular formula is C21H19ClF3N3OS. The topological polar surface area (TPSA) is 60.5 Å². The van der Waals surface area contributed by atoms with Crippen molar-refractivity contribution in [1.82, 2.24) is 4.98 Å². The Morgan fingerprint density at radius 3 is 2.87 bits per heavy atom. The molecule has 3 atom stereocenters. The van der Waals surface area contributed by atoms with Gasteiger partial charge in [-0.15, -0.1) is 0 Å². The molecule has 2 aliphatic rings. The summed E-state index contributed by atoms with van der Waals surface area (Å²) < 4.78 is 48.8. The predicted molar refractivity (Wildman–Crippen MR) is 114 cm³/mol. The third kappa shape index (κ3) is 3.61. The highest BCUT2D eigenvalue weighted by molar-refractivity contribution is 8.15. The maximum absolute atomic E-state index is 14.9. The summed E-state index contributed by atoms with van der Waals surface area (Å²) in [5.41, 5.74) is 5.03. The number of aromatic nitrogens is 1. The molecule has 9 heteroatoms. The van der Waals surface area contributed by atoms with Crippen molar-refractivity contribution < 1.29 is 17.9 Å².